The molecule has 356 valence electrons. The van der Waals surface area contributed by atoms with Crippen molar-refractivity contribution in [2.75, 3.05) is 4.90 Å². The van der Waals surface area contributed by atoms with Crippen molar-refractivity contribution in [3.05, 3.63) is 297 Å². The highest BCUT2D eigenvalue weighted by Crippen LogP contribution is 2.42. The van der Waals surface area contributed by atoms with Gasteiger partial charge in [-0.25, -0.2) is 0 Å². The Balaban J connectivity index is 0.812. The lowest BCUT2D eigenvalue weighted by Gasteiger charge is -2.34. The van der Waals surface area contributed by atoms with E-state index in [9.17, 15) is 0 Å². The number of benzene rings is 12. The van der Waals surface area contributed by atoms with Gasteiger partial charge in [0, 0.05) is 55.1 Å². The van der Waals surface area contributed by atoms with Crippen molar-refractivity contribution < 1.29 is 0 Å². The van der Waals surface area contributed by atoms with Crippen LogP contribution in [0, 0.1) is 0 Å². The van der Waals surface area contributed by atoms with E-state index in [0.717, 1.165) is 22.7 Å². The zero-order valence-electron chi connectivity index (χ0n) is 41.6. The number of para-hydroxylation sites is 4. The second-order valence-corrected chi connectivity index (χ2v) is 23.8. The summed E-state index contributed by atoms with van der Waals surface area (Å²) in [4.78, 5) is 2.38. The molecule has 76 heavy (non-hydrogen) atoms. The number of hydrogen-bond donors (Lipinski definition) is 0. The summed E-state index contributed by atoms with van der Waals surface area (Å²) in [5.41, 5.74) is 15.3. The molecular weight excluding hydrogens is 935 g/mol. The molecule has 3 nitrogen and oxygen atoms in total. The van der Waals surface area contributed by atoms with Gasteiger partial charge in [0.05, 0.1) is 27.6 Å². The molecule has 3 aromatic heterocycles. The molecule has 4 heteroatoms. The van der Waals surface area contributed by atoms with Crippen LogP contribution in [0.3, 0.4) is 0 Å². The summed E-state index contributed by atoms with van der Waals surface area (Å²) in [5, 5.41) is 13.2. The van der Waals surface area contributed by atoms with Crippen LogP contribution in [-0.2, 0) is 0 Å². The SMILES string of the molecule is c1ccc([Si](c2ccccc2)(c2ccccc2)c2ccc(-c3ccc(N(c4ccc(-c5ccc6c(c5)c5cccc7c8ccccc8n6c75)cc4)c4ccc(-n5c6ccccc6c6ccccc65)cc4)cc3)cc2)cc1. The van der Waals surface area contributed by atoms with Crippen molar-refractivity contribution >= 4 is 106 Å². The fraction of sp³-hybridized carbons (Fsp3) is 0. The second kappa shape index (κ2) is 17.7. The molecule has 0 aliphatic heterocycles. The molecule has 0 N–H and O–H groups in total. The van der Waals surface area contributed by atoms with E-state index in [2.05, 4.69) is 311 Å². The largest absolute Gasteiger partial charge is 0.311 e. The predicted octanol–water partition coefficient (Wildman–Crippen LogP) is 16.1. The summed E-state index contributed by atoms with van der Waals surface area (Å²) in [6, 6.07) is 110. The van der Waals surface area contributed by atoms with E-state index in [1.54, 1.807) is 0 Å². The van der Waals surface area contributed by atoms with Gasteiger partial charge >= 0.3 is 0 Å². The van der Waals surface area contributed by atoms with E-state index in [1.165, 1.54) is 103 Å². The van der Waals surface area contributed by atoms with Crippen LogP contribution in [0.5, 0.6) is 0 Å². The van der Waals surface area contributed by atoms with Crippen molar-refractivity contribution in [1.29, 1.82) is 0 Å². The molecule has 3 heterocycles. The maximum atomic E-state index is 2.45. The number of anilines is 3. The summed E-state index contributed by atoms with van der Waals surface area (Å²) in [5.74, 6) is 0. The predicted molar refractivity (Wildman–Crippen MR) is 325 cm³/mol. The molecule has 0 saturated heterocycles. The average molecular weight is 984 g/mol. The number of nitrogens with zero attached hydrogens (tertiary/aromatic N) is 3. The molecule has 0 amide bonds. The third-order valence-electron chi connectivity index (χ3n) is 16.0. The van der Waals surface area contributed by atoms with Gasteiger partial charge in [-0.3, -0.25) is 0 Å². The van der Waals surface area contributed by atoms with Crippen molar-refractivity contribution in [1.82, 2.24) is 8.97 Å². The highest BCUT2D eigenvalue weighted by atomic mass is 28.3. The van der Waals surface area contributed by atoms with E-state index >= 15 is 0 Å². The van der Waals surface area contributed by atoms with E-state index in [-0.39, 0.29) is 0 Å². The molecule has 0 atom stereocenters. The van der Waals surface area contributed by atoms with Crippen LogP contribution in [0.2, 0.25) is 0 Å². The van der Waals surface area contributed by atoms with Gasteiger partial charge in [-0.2, -0.15) is 0 Å². The van der Waals surface area contributed by atoms with Gasteiger partial charge in [-0.15, -0.1) is 0 Å². The summed E-state index contributed by atoms with van der Waals surface area (Å²) in [6.07, 6.45) is 0. The monoisotopic (exact) mass is 983 g/mol. The zero-order chi connectivity index (χ0) is 50.2. The normalized spacial score (nSPS) is 11.9. The smallest absolute Gasteiger partial charge is 0.179 e. The third-order valence-corrected chi connectivity index (χ3v) is 20.8. The van der Waals surface area contributed by atoms with Gasteiger partial charge in [0.15, 0.2) is 8.07 Å². The first kappa shape index (κ1) is 43.8. The molecule has 15 rings (SSSR count). The third kappa shape index (κ3) is 6.81. The maximum Gasteiger partial charge on any atom is 0.179 e. The first-order chi connectivity index (χ1) is 37.7. The van der Waals surface area contributed by atoms with Crippen LogP contribution < -0.4 is 25.6 Å². The first-order valence-corrected chi connectivity index (χ1v) is 28.2. The highest BCUT2D eigenvalue weighted by molar-refractivity contribution is 7.19. The Morgan fingerprint density at radius 3 is 1.12 bits per heavy atom. The van der Waals surface area contributed by atoms with Crippen LogP contribution in [0.25, 0.3) is 87.8 Å². The Hall–Kier alpha value is -9.74. The van der Waals surface area contributed by atoms with E-state index in [0.29, 0.717) is 0 Å². The summed E-state index contributed by atoms with van der Waals surface area (Å²) >= 11 is 0. The Kier molecular flexibility index (Phi) is 10.2. The van der Waals surface area contributed by atoms with Crippen LogP contribution in [0.4, 0.5) is 17.1 Å². The highest BCUT2D eigenvalue weighted by Gasteiger charge is 2.41. The van der Waals surface area contributed by atoms with E-state index in [4.69, 9.17) is 0 Å². The number of hydrogen-bond acceptors (Lipinski definition) is 1. The minimum absolute atomic E-state index is 1.08. The van der Waals surface area contributed by atoms with Gasteiger partial charge in [-0.05, 0) is 122 Å². The van der Waals surface area contributed by atoms with E-state index < -0.39 is 8.07 Å². The summed E-state index contributed by atoms with van der Waals surface area (Å²) < 4.78 is 4.83. The minimum Gasteiger partial charge on any atom is -0.311 e. The Labute approximate surface area is 442 Å². The molecular formula is C72H49N3Si. The van der Waals surface area contributed by atoms with Crippen LogP contribution in [-0.4, -0.2) is 17.0 Å². The fourth-order valence-corrected chi connectivity index (χ4v) is 17.3. The van der Waals surface area contributed by atoms with Gasteiger partial charge in [0.2, 0.25) is 0 Å². The molecule has 0 aliphatic rings. The fourth-order valence-electron chi connectivity index (χ4n) is 12.6. The standard InChI is InChI=1S/C72H49N3Si/c1-4-17-58(18-5-1)76(59-19-6-2-7-20-59,60-21-8-3-9-22-60)61-46-35-51(36-47-61)50-31-38-54(39-32-50)73(56-42-44-57(45-43-56)74-68-28-13-10-23-62(68)63-24-11-14-29-69(63)74)55-40-33-52(34-41-55)53-37-48-71-67(49-53)66-27-16-26-65-64-25-12-15-30-70(64)75(71)72(65)66/h1-49H. The van der Waals surface area contributed by atoms with Crippen molar-refractivity contribution in [3.63, 3.8) is 0 Å². The molecule has 0 spiro atoms. The lowest BCUT2D eigenvalue weighted by atomic mass is 10.0. The number of rotatable bonds is 10. The molecule has 0 bridgehead atoms. The maximum absolute atomic E-state index is 2.64. The Morgan fingerprint density at radius 1 is 0.250 bits per heavy atom. The van der Waals surface area contributed by atoms with Crippen molar-refractivity contribution in [2.45, 2.75) is 0 Å². The molecule has 0 unspecified atom stereocenters. The molecule has 0 aliphatic carbocycles. The molecule has 15 aromatic rings. The molecule has 0 saturated carbocycles. The van der Waals surface area contributed by atoms with Gasteiger partial charge in [-0.1, -0.05) is 218 Å². The van der Waals surface area contributed by atoms with Gasteiger partial charge in [0.25, 0.3) is 0 Å². The topological polar surface area (TPSA) is 12.6 Å². The Morgan fingerprint density at radius 2 is 0.605 bits per heavy atom. The second-order valence-electron chi connectivity index (χ2n) is 20.0. The molecule has 0 fully saturated rings. The minimum atomic E-state index is -2.64. The first-order valence-electron chi connectivity index (χ1n) is 26.2. The van der Waals surface area contributed by atoms with Crippen molar-refractivity contribution in [3.8, 4) is 27.9 Å². The number of fused-ring (bicyclic) bond motifs is 9. The van der Waals surface area contributed by atoms with Crippen LogP contribution in [0.15, 0.2) is 297 Å². The van der Waals surface area contributed by atoms with Gasteiger partial charge in [0.1, 0.15) is 0 Å². The quantitative estimate of drug-likeness (QED) is 0.0983. The zero-order valence-corrected chi connectivity index (χ0v) is 42.6. The summed E-state index contributed by atoms with van der Waals surface area (Å²) in [6.45, 7) is 0. The lowest BCUT2D eigenvalue weighted by molar-refractivity contribution is 1.17. The number of aromatic nitrogens is 2. The van der Waals surface area contributed by atoms with Crippen molar-refractivity contribution in [2.24, 2.45) is 0 Å². The van der Waals surface area contributed by atoms with Gasteiger partial charge < -0.3 is 13.9 Å². The summed E-state index contributed by atoms with van der Waals surface area (Å²) in [7, 11) is -2.64. The molecule has 12 aromatic carbocycles. The van der Waals surface area contributed by atoms with Crippen LogP contribution >= 0.6 is 0 Å². The van der Waals surface area contributed by atoms with Crippen LogP contribution in [0.1, 0.15) is 0 Å². The average Bonchev–Trinajstić information content (AvgIpc) is 4.21. The lowest BCUT2D eigenvalue weighted by Crippen LogP contribution is -2.74. The Bertz CT molecular complexity index is 4430. The van der Waals surface area contributed by atoms with E-state index in [1.807, 2.05) is 0 Å². The molecule has 0 radical (unpaired) electrons.